The molecule has 0 radical (unpaired) electrons. The number of para-hydroxylation sites is 1. The zero-order valence-electron chi connectivity index (χ0n) is 12.5. The summed E-state index contributed by atoms with van der Waals surface area (Å²) in [6, 6.07) is 7.92. The zero-order chi connectivity index (χ0) is 14.1. The molecule has 0 aliphatic carbocycles. The van der Waals surface area contributed by atoms with Gasteiger partial charge in [0.15, 0.2) is 0 Å². The highest BCUT2D eigenvalue weighted by atomic mass is 35.5. The SMILES string of the molecule is CCC(CC)CN(CC)CCNc1ccccc1Cl. The Morgan fingerprint density at radius 2 is 1.84 bits per heavy atom. The first-order valence-electron chi connectivity index (χ1n) is 7.41. The molecule has 0 fully saturated rings. The molecule has 108 valence electrons. The van der Waals surface area contributed by atoms with Crippen LogP contribution in [0.25, 0.3) is 0 Å². The fourth-order valence-corrected chi connectivity index (χ4v) is 2.45. The van der Waals surface area contributed by atoms with Crippen molar-refractivity contribution >= 4 is 17.3 Å². The number of nitrogens with zero attached hydrogens (tertiary/aromatic N) is 1. The molecule has 1 aromatic rings. The number of hydrogen-bond acceptors (Lipinski definition) is 2. The van der Waals surface area contributed by atoms with Crippen molar-refractivity contribution in [2.45, 2.75) is 33.6 Å². The summed E-state index contributed by atoms with van der Waals surface area (Å²) in [4.78, 5) is 2.52. The summed E-state index contributed by atoms with van der Waals surface area (Å²) < 4.78 is 0. The highest BCUT2D eigenvalue weighted by Gasteiger charge is 2.09. The van der Waals surface area contributed by atoms with Crippen molar-refractivity contribution in [3.63, 3.8) is 0 Å². The normalized spacial score (nSPS) is 11.3. The minimum absolute atomic E-state index is 0.797. The van der Waals surface area contributed by atoms with Crippen LogP contribution in [-0.2, 0) is 0 Å². The maximum atomic E-state index is 6.13. The molecule has 1 aromatic carbocycles. The maximum absolute atomic E-state index is 6.13. The van der Waals surface area contributed by atoms with Gasteiger partial charge in [0, 0.05) is 19.6 Å². The van der Waals surface area contributed by atoms with E-state index in [1.54, 1.807) is 0 Å². The molecule has 0 saturated heterocycles. The van der Waals surface area contributed by atoms with Gasteiger partial charge in [-0.2, -0.15) is 0 Å². The molecule has 0 heterocycles. The number of rotatable bonds is 9. The topological polar surface area (TPSA) is 15.3 Å². The van der Waals surface area contributed by atoms with Crippen molar-refractivity contribution in [2.24, 2.45) is 5.92 Å². The standard InChI is InChI=1S/C16H27ClN2/c1-4-14(5-2)13-19(6-3)12-11-18-16-10-8-7-9-15(16)17/h7-10,14,18H,4-6,11-13H2,1-3H3. The molecule has 0 unspecified atom stereocenters. The van der Waals surface area contributed by atoms with Crippen molar-refractivity contribution < 1.29 is 0 Å². The molecule has 0 amide bonds. The fraction of sp³-hybridized carbons (Fsp3) is 0.625. The molecule has 0 aromatic heterocycles. The van der Waals surface area contributed by atoms with Crippen LogP contribution in [0.4, 0.5) is 5.69 Å². The lowest BCUT2D eigenvalue weighted by Crippen LogP contribution is -2.33. The molecule has 2 nitrogen and oxygen atoms in total. The van der Waals surface area contributed by atoms with Crippen LogP contribution in [0.2, 0.25) is 5.02 Å². The van der Waals surface area contributed by atoms with E-state index in [0.29, 0.717) is 0 Å². The van der Waals surface area contributed by atoms with Gasteiger partial charge in [0.1, 0.15) is 0 Å². The molecule has 0 aliphatic heterocycles. The second-order valence-electron chi connectivity index (χ2n) is 4.98. The highest BCUT2D eigenvalue weighted by molar-refractivity contribution is 6.33. The van der Waals surface area contributed by atoms with Gasteiger partial charge in [-0.25, -0.2) is 0 Å². The Morgan fingerprint density at radius 1 is 1.16 bits per heavy atom. The molecule has 0 saturated carbocycles. The summed E-state index contributed by atoms with van der Waals surface area (Å²) in [5.41, 5.74) is 1.03. The first-order valence-corrected chi connectivity index (χ1v) is 7.79. The summed E-state index contributed by atoms with van der Waals surface area (Å²) >= 11 is 6.13. The van der Waals surface area contributed by atoms with E-state index in [-0.39, 0.29) is 0 Å². The third-order valence-electron chi connectivity index (χ3n) is 3.74. The Kier molecular flexibility index (Phi) is 7.92. The Morgan fingerprint density at radius 3 is 2.42 bits per heavy atom. The lowest BCUT2D eigenvalue weighted by molar-refractivity contribution is 0.241. The van der Waals surface area contributed by atoms with Crippen LogP contribution in [0.5, 0.6) is 0 Å². The molecule has 0 spiro atoms. The lowest BCUT2D eigenvalue weighted by atomic mass is 10.0. The Balaban J connectivity index is 2.35. The molecule has 0 atom stereocenters. The van der Waals surface area contributed by atoms with Gasteiger partial charge >= 0.3 is 0 Å². The van der Waals surface area contributed by atoms with Crippen LogP contribution in [0, 0.1) is 5.92 Å². The van der Waals surface area contributed by atoms with Crippen molar-refractivity contribution in [1.82, 2.24) is 4.90 Å². The van der Waals surface area contributed by atoms with E-state index in [1.807, 2.05) is 24.3 Å². The smallest absolute Gasteiger partial charge is 0.0637 e. The van der Waals surface area contributed by atoms with Crippen molar-refractivity contribution in [2.75, 3.05) is 31.5 Å². The average Bonchev–Trinajstić information content (AvgIpc) is 2.44. The quantitative estimate of drug-likeness (QED) is 0.717. The summed E-state index contributed by atoms with van der Waals surface area (Å²) in [6.07, 6.45) is 2.54. The van der Waals surface area contributed by atoms with Crippen LogP contribution in [0.15, 0.2) is 24.3 Å². The van der Waals surface area contributed by atoms with Gasteiger partial charge < -0.3 is 10.2 Å². The number of benzene rings is 1. The van der Waals surface area contributed by atoms with Crippen molar-refractivity contribution in [3.8, 4) is 0 Å². The van der Waals surface area contributed by atoms with E-state index in [4.69, 9.17) is 11.6 Å². The number of hydrogen-bond donors (Lipinski definition) is 1. The van der Waals surface area contributed by atoms with Crippen molar-refractivity contribution in [3.05, 3.63) is 29.3 Å². The molecule has 1 rings (SSSR count). The molecule has 3 heteroatoms. The van der Waals surface area contributed by atoms with E-state index in [9.17, 15) is 0 Å². The van der Waals surface area contributed by atoms with Crippen LogP contribution in [-0.4, -0.2) is 31.1 Å². The second kappa shape index (κ2) is 9.22. The van der Waals surface area contributed by atoms with E-state index >= 15 is 0 Å². The average molecular weight is 283 g/mol. The number of anilines is 1. The van der Waals surface area contributed by atoms with E-state index < -0.39 is 0 Å². The van der Waals surface area contributed by atoms with Crippen LogP contribution in [0.3, 0.4) is 0 Å². The van der Waals surface area contributed by atoms with Gasteiger partial charge in [-0.05, 0) is 24.6 Å². The van der Waals surface area contributed by atoms with Gasteiger partial charge in [0.25, 0.3) is 0 Å². The number of likely N-dealkylation sites (N-methyl/N-ethyl adjacent to an activating group) is 1. The van der Waals surface area contributed by atoms with Crippen LogP contribution < -0.4 is 5.32 Å². The molecule has 1 N–H and O–H groups in total. The second-order valence-corrected chi connectivity index (χ2v) is 5.39. The predicted octanol–water partition coefficient (Wildman–Crippen LogP) is 4.51. The number of nitrogens with one attached hydrogen (secondary N) is 1. The Hall–Kier alpha value is -0.730. The molecular formula is C16H27ClN2. The predicted molar refractivity (Wildman–Crippen MR) is 86.1 cm³/mol. The molecule has 0 bridgehead atoms. The zero-order valence-corrected chi connectivity index (χ0v) is 13.2. The molecule has 19 heavy (non-hydrogen) atoms. The van der Waals surface area contributed by atoms with E-state index in [1.165, 1.54) is 19.4 Å². The first-order chi connectivity index (χ1) is 9.21. The summed E-state index contributed by atoms with van der Waals surface area (Å²) in [6.45, 7) is 11.1. The summed E-state index contributed by atoms with van der Waals surface area (Å²) in [5, 5.41) is 4.21. The van der Waals surface area contributed by atoms with Gasteiger partial charge in [-0.15, -0.1) is 0 Å². The van der Waals surface area contributed by atoms with Crippen LogP contribution in [0.1, 0.15) is 33.6 Å². The van der Waals surface area contributed by atoms with E-state index in [0.717, 1.165) is 36.3 Å². The molecule has 0 aliphatic rings. The van der Waals surface area contributed by atoms with Crippen LogP contribution >= 0.6 is 11.6 Å². The Labute approximate surface area is 123 Å². The lowest BCUT2D eigenvalue weighted by Gasteiger charge is -2.25. The third kappa shape index (κ3) is 5.84. The maximum Gasteiger partial charge on any atom is 0.0637 e. The summed E-state index contributed by atoms with van der Waals surface area (Å²) in [5.74, 6) is 0.820. The fourth-order valence-electron chi connectivity index (χ4n) is 2.24. The number of halogens is 1. The largest absolute Gasteiger partial charge is 0.383 e. The minimum Gasteiger partial charge on any atom is -0.383 e. The van der Waals surface area contributed by atoms with Gasteiger partial charge in [0.05, 0.1) is 10.7 Å². The highest BCUT2D eigenvalue weighted by Crippen LogP contribution is 2.20. The van der Waals surface area contributed by atoms with Gasteiger partial charge in [0.2, 0.25) is 0 Å². The molecular weight excluding hydrogens is 256 g/mol. The van der Waals surface area contributed by atoms with Gasteiger partial charge in [-0.3, -0.25) is 0 Å². The Bertz CT molecular complexity index is 350. The van der Waals surface area contributed by atoms with E-state index in [2.05, 4.69) is 31.0 Å². The first kappa shape index (κ1) is 16.3. The van der Waals surface area contributed by atoms with Gasteiger partial charge in [-0.1, -0.05) is 57.3 Å². The summed E-state index contributed by atoms with van der Waals surface area (Å²) in [7, 11) is 0. The van der Waals surface area contributed by atoms with Crippen molar-refractivity contribution in [1.29, 1.82) is 0 Å². The third-order valence-corrected chi connectivity index (χ3v) is 4.07. The minimum atomic E-state index is 0.797. The monoisotopic (exact) mass is 282 g/mol.